The molecule has 0 saturated carbocycles. The van der Waals surface area contributed by atoms with Crippen molar-refractivity contribution in [3.05, 3.63) is 46.8 Å². The molecule has 20 heavy (non-hydrogen) atoms. The van der Waals surface area contributed by atoms with Gasteiger partial charge in [0.1, 0.15) is 16.5 Å². The molecule has 0 radical (unpaired) electrons. The van der Waals surface area contributed by atoms with Crippen LogP contribution >= 0.6 is 11.6 Å². The van der Waals surface area contributed by atoms with Gasteiger partial charge in [-0.15, -0.1) is 0 Å². The number of nitrogens with zero attached hydrogens (tertiary/aromatic N) is 3. The smallest absolute Gasteiger partial charge is 0.176 e. The molecule has 1 aliphatic rings. The van der Waals surface area contributed by atoms with Gasteiger partial charge in [0.05, 0.1) is 6.54 Å². The van der Waals surface area contributed by atoms with Gasteiger partial charge in [-0.2, -0.15) is 0 Å². The molecule has 1 aromatic carbocycles. The lowest BCUT2D eigenvalue weighted by atomic mass is 9.90. The number of amidine groups is 1. The molecule has 1 atom stereocenters. The molecule has 3 rings (SSSR count). The Bertz CT molecular complexity index is 724. The van der Waals surface area contributed by atoms with Crippen LogP contribution in [-0.2, 0) is 12.1 Å². The van der Waals surface area contributed by atoms with Crippen molar-refractivity contribution in [2.45, 2.75) is 19.0 Å². The minimum Gasteiger partial charge on any atom is -0.399 e. The number of anilines is 1. The van der Waals surface area contributed by atoms with Gasteiger partial charge in [0.25, 0.3) is 0 Å². The number of rotatable bonds is 1. The molecule has 0 unspecified atom stereocenters. The third-order valence-corrected chi connectivity index (χ3v) is 3.57. The van der Waals surface area contributed by atoms with Gasteiger partial charge in [0.15, 0.2) is 11.7 Å². The van der Waals surface area contributed by atoms with Crippen molar-refractivity contribution in [1.29, 1.82) is 0 Å². The van der Waals surface area contributed by atoms with E-state index in [1.807, 2.05) is 0 Å². The summed E-state index contributed by atoms with van der Waals surface area (Å²) in [5, 5.41) is 0.329. The second-order valence-electron chi connectivity index (χ2n) is 5.03. The van der Waals surface area contributed by atoms with Crippen molar-refractivity contribution in [2.75, 3.05) is 5.73 Å². The molecular weight excluding hydrogens is 281 g/mol. The third-order valence-electron chi connectivity index (χ3n) is 3.39. The molecule has 0 aliphatic carbocycles. The fourth-order valence-corrected chi connectivity index (χ4v) is 2.69. The molecule has 0 spiro atoms. The molecular formula is C13H13ClFN5. The monoisotopic (exact) mass is 293 g/mol. The largest absolute Gasteiger partial charge is 0.399 e. The van der Waals surface area contributed by atoms with Crippen LogP contribution in [0.1, 0.15) is 18.3 Å². The first-order valence-corrected chi connectivity index (χ1v) is 6.41. The van der Waals surface area contributed by atoms with Crippen LogP contribution in [0.4, 0.5) is 10.1 Å². The van der Waals surface area contributed by atoms with Gasteiger partial charge in [0.2, 0.25) is 0 Å². The second kappa shape index (κ2) is 4.21. The number of nitrogens with two attached hydrogens (primary N) is 2. The number of aliphatic imine (C=N–C) groups is 1. The molecule has 2 heterocycles. The van der Waals surface area contributed by atoms with Gasteiger partial charge in [-0.3, -0.25) is 4.99 Å². The fraction of sp³-hybridized carbons (Fsp3) is 0.231. The molecule has 104 valence electrons. The first-order chi connectivity index (χ1) is 9.39. The Morgan fingerprint density at radius 1 is 1.40 bits per heavy atom. The quantitative estimate of drug-likeness (QED) is 0.788. The van der Waals surface area contributed by atoms with Crippen LogP contribution in [0.25, 0.3) is 0 Å². The summed E-state index contributed by atoms with van der Waals surface area (Å²) >= 11 is 5.88. The second-order valence-corrected chi connectivity index (χ2v) is 5.41. The molecule has 2 aromatic rings. The van der Waals surface area contributed by atoms with Crippen molar-refractivity contribution >= 4 is 23.1 Å². The zero-order valence-corrected chi connectivity index (χ0v) is 11.5. The first-order valence-electron chi connectivity index (χ1n) is 6.03. The van der Waals surface area contributed by atoms with Crippen molar-refractivity contribution in [2.24, 2.45) is 10.7 Å². The van der Waals surface area contributed by atoms with E-state index in [0.29, 0.717) is 28.8 Å². The Balaban J connectivity index is 2.14. The van der Waals surface area contributed by atoms with Crippen LogP contribution in [0.2, 0.25) is 5.15 Å². The van der Waals surface area contributed by atoms with Crippen molar-refractivity contribution < 1.29 is 4.39 Å². The van der Waals surface area contributed by atoms with Gasteiger partial charge in [-0.05, 0) is 25.1 Å². The maximum atomic E-state index is 14.1. The van der Waals surface area contributed by atoms with E-state index in [2.05, 4.69) is 9.98 Å². The highest BCUT2D eigenvalue weighted by molar-refractivity contribution is 6.29. The summed E-state index contributed by atoms with van der Waals surface area (Å²) in [6.07, 6.45) is 1.65. The molecule has 7 heteroatoms. The lowest BCUT2D eigenvalue weighted by Gasteiger charge is -2.31. The lowest BCUT2D eigenvalue weighted by molar-refractivity contribution is 0.383. The van der Waals surface area contributed by atoms with E-state index in [1.165, 1.54) is 12.1 Å². The molecule has 5 nitrogen and oxygen atoms in total. The lowest BCUT2D eigenvalue weighted by Crippen LogP contribution is -2.37. The highest BCUT2D eigenvalue weighted by Gasteiger charge is 2.35. The molecule has 1 aromatic heterocycles. The number of hydrogen-bond acceptors (Lipinski definition) is 4. The average Bonchev–Trinajstić information content (AvgIpc) is 2.73. The van der Waals surface area contributed by atoms with Crippen LogP contribution in [0.5, 0.6) is 0 Å². The zero-order chi connectivity index (χ0) is 14.5. The molecule has 4 N–H and O–H groups in total. The van der Waals surface area contributed by atoms with Crippen LogP contribution < -0.4 is 11.5 Å². The van der Waals surface area contributed by atoms with E-state index >= 15 is 0 Å². The molecule has 0 fully saturated rings. The topological polar surface area (TPSA) is 82.2 Å². The van der Waals surface area contributed by atoms with Crippen molar-refractivity contribution in [3.8, 4) is 0 Å². The van der Waals surface area contributed by atoms with Crippen LogP contribution in [-0.4, -0.2) is 15.4 Å². The number of imidazole rings is 1. The molecule has 1 aliphatic heterocycles. The highest BCUT2D eigenvalue weighted by atomic mass is 35.5. The predicted octanol–water partition coefficient (Wildman–Crippen LogP) is 1.89. The van der Waals surface area contributed by atoms with E-state index in [9.17, 15) is 4.39 Å². The van der Waals surface area contributed by atoms with Crippen LogP contribution in [0, 0.1) is 5.82 Å². The average molecular weight is 294 g/mol. The Labute approximate surface area is 120 Å². The van der Waals surface area contributed by atoms with Gasteiger partial charge in [-0.25, -0.2) is 9.37 Å². The summed E-state index contributed by atoms with van der Waals surface area (Å²) < 4.78 is 15.9. The highest BCUT2D eigenvalue weighted by Crippen LogP contribution is 2.34. The van der Waals surface area contributed by atoms with Crippen molar-refractivity contribution in [3.63, 3.8) is 0 Å². The molecule has 0 saturated heterocycles. The predicted molar refractivity (Wildman–Crippen MR) is 76.1 cm³/mol. The summed E-state index contributed by atoms with van der Waals surface area (Å²) in [7, 11) is 0. The van der Waals surface area contributed by atoms with E-state index < -0.39 is 5.54 Å². The maximum Gasteiger partial charge on any atom is 0.176 e. The van der Waals surface area contributed by atoms with Gasteiger partial charge >= 0.3 is 0 Å². The van der Waals surface area contributed by atoms with Crippen molar-refractivity contribution in [1.82, 2.24) is 9.55 Å². The van der Waals surface area contributed by atoms with Gasteiger partial charge < -0.3 is 16.0 Å². The van der Waals surface area contributed by atoms with Crippen LogP contribution in [0.15, 0.2) is 29.4 Å². The third kappa shape index (κ3) is 1.92. The number of halogens is 2. The van der Waals surface area contributed by atoms with Gasteiger partial charge in [0, 0.05) is 17.4 Å². The number of fused-ring (bicyclic) bond motifs is 1. The first kappa shape index (κ1) is 12.9. The minimum absolute atomic E-state index is 0.229. The Morgan fingerprint density at radius 2 is 2.15 bits per heavy atom. The fourth-order valence-electron chi connectivity index (χ4n) is 2.49. The summed E-state index contributed by atoms with van der Waals surface area (Å²) in [5.74, 6) is 0.358. The Morgan fingerprint density at radius 3 is 2.90 bits per heavy atom. The zero-order valence-electron chi connectivity index (χ0n) is 10.8. The maximum absolute atomic E-state index is 14.1. The SMILES string of the molecule is C[C@@]1(c2cc(N)ccc2F)Cn2cc(Cl)nc2C(N)=N1. The number of aromatic nitrogens is 2. The summed E-state index contributed by atoms with van der Waals surface area (Å²) in [6.45, 7) is 2.19. The van der Waals surface area contributed by atoms with E-state index in [1.54, 1.807) is 23.8 Å². The summed E-state index contributed by atoms with van der Waals surface area (Å²) in [4.78, 5) is 8.48. The van der Waals surface area contributed by atoms with E-state index in [0.717, 1.165) is 0 Å². The standard InChI is InChI=1S/C13H13ClFN5/c1-13(8-4-7(16)2-3-9(8)15)6-20-5-10(14)18-12(20)11(17)19-13/h2-5H,6,16H2,1H3,(H2,17,19)/t13-/m0/s1. The summed E-state index contributed by atoms with van der Waals surface area (Å²) in [5.41, 5.74) is 11.7. The van der Waals surface area contributed by atoms with Gasteiger partial charge in [-0.1, -0.05) is 11.6 Å². The molecule has 0 amide bonds. The Kier molecular flexibility index (Phi) is 2.72. The summed E-state index contributed by atoms with van der Waals surface area (Å²) in [6, 6.07) is 4.42. The number of benzene rings is 1. The number of hydrogen-bond donors (Lipinski definition) is 2. The molecule has 0 bridgehead atoms. The minimum atomic E-state index is -0.847. The van der Waals surface area contributed by atoms with Crippen LogP contribution in [0.3, 0.4) is 0 Å². The normalized spacial score (nSPS) is 21.4. The Hall–Kier alpha value is -2.08. The number of nitrogen functional groups attached to an aromatic ring is 1. The van der Waals surface area contributed by atoms with E-state index in [-0.39, 0.29) is 11.7 Å². The van der Waals surface area contributed by atoms with E-state index in [4.69, 9.17) is 23.1 Å².